The van der Waals surface area contributed by atoms with Gasteiger partial charge in [0.25, 0.3) is 0 Å². The molecule has 0 atom stereocenters. The Labute approximate surface area is 172 Å². The number of thiophene rings is 1. The van der Waals surface area contributed by atoms with Gasteiger partial charge in [-0.1, -0.05) is 53.5 Å². The molecule has 4 aromatic rings. The van der Waals surface area contributed by atoms with Gasteiger partial charge in [-0.15, -0.1) is 11.3 Å². The largest absolute Gasteiger partial charge is 0.340 e. The van der Waals surface area contributed by atoms with Crippen LogP contribution in [0.15, 0.2) is 48.5 Å². The number of nitrogens with zero attached hydrogens (tertiary/aromatic N) is 2. The first-order valence-electron chi connectivity index (χ1n) is 8.54. The Morgan fingerprint density at radius 2 is 1.74 bits per heavy atom. The molecule has 27 heavy (non-hydrogen) atoms. The van der Waals surface area contributed by atoms with Crippen LogP contribution in [-0.4, -0.2) is 9.97 Å². The number of hydrogen-bond donors (Lipinski definition) is 1. The summed E-state index contributed by atoms with van der Waals surface area (Å²) in [5, 5.41) is 5.50. The normalized spacial score (nSPS) is 11.1. The molecule has 2 heterocycles. The molecule has 136 valence electrons. The summed E-state index contributed by atoms with van der Waals surface area (Å²) in [7, 11) is 0. The fourth-order valence-electron chi connectivity index (χ4n) is 2.95. The van der Waals surface area contributed by atoms with Crippen molar-refractivity contribution in [3.8, 4) is 0 Å². The van der Waals surface area contributed by atoms with Gasteiger partial charge >= 0.3 is 0 Å². The highest BCUT2D eigenvalue weighted by Crippen LogP contribution is 2.35. The SMILES string of the molecule is Cc1sc2nc(Cc3ccccc3)nc(Nc3ccc(Cl)c(Cl)c3)c2c1C. The minimum absolute atomic E-state index is 0.509. The Kier molecular flexibility index (Phi) is 5.04. The summed E-state index contributed by atoms with van der Waals surface area (Å²) in [4.78, 5) is 11.9. The van der Waals surface area contributed by atoms with Crippen molar-refractivity contribution in [3.63, 3.8) is 0 Å². The van der Waals surface area contributed by atoms with E-state index in [2.05, 4.69) is 31.3 Å². The monoisotopic (exact) mass is 413 g/mol. The molecule has 0 spiro atoms. The van der Waals surface area contributed by atoms with Crippen LogP contribution in [0.4, 0.5) is 11.5 Å². The van der Waals surface area contributed by atoms with E-state index >= 15 is 0 Å². The molecule has 0 saturated heterocycles. The van der Waals surface area contributed by atoms with Crippen molar-refractivity contribution in [1.82, 2.24) is 9.97 Å². The molecule has 4 rings (SSSR count). The van der Waals surface area contributed by atoms with Crippen LogP contribution in [-0.2, 0) is 6.42 Å². The van der Waals surface area contributed by atoms with Crippen LogP contribution in [0, 0.1) is 13.8 Å². The van der Waals surface area contributed by atoms with Gasteiger partial charge in [0.15, 0.2) is 0 Å². The molecule has 0 fully saturated rings. The van der Waals surface area contributed by atoms with Crippen molar-refractivity contribution in [2.24, 2.45) is 0 Å². The van der Waals surface area contributed by atoms with E-state index in [0.717, 1.165) is 27.5 Å². The molecular weight excluding hydrogens is 397 g/mol. The molecule has 0 saturated carbocycles. The lowest BCUT2D eigenvalue weighted by molar-refractivity contribution is 0.999. The van der Waals surface area contributed by atoms with Gasteiger partial charge in [-0.05, 0) is 43.2 Å². The number of rotatable bonds is 4. The lowest BCUT2D eigenvalue weighted by Crippen LogP contribution is -2.02. The molecule has 1 N–H and O–H groups in total. The molecule has 0 unspecified atom stereocenters. The maximum Gasteiger partial charge on any atom is 0.143 e. The molecule has 0 aliphatic rings. The van der Waals surface area contributed by atoms with Crippen LogP contribution >= 0.6 is 34.5 Å². The number of aromatic nitrogens is 2. The Hall–Kier alpha value is -2.14. The molecule has 3 nitrogen and oxygen atoms in total. The Balaban J connectivity index is 1.79. The highest BCUT2D eigenvalue weighted by Gasteiger charge is 2.15. The van der Waals surface area contributed by atoms with Crippen molar-refractivity contribution in [2.75, 3.05) is 5.32 Å². The van der Waals surface area contributed by atoms with Crippen LogP contribution in [0.1, 0.15) is 21.8 Å². The number of benzene rings is 2. The van der Waals surface area contributed by atoms with Crippen LogP contribution in [0.3, 0.4) is 0 Å². The van der Waals surface area contributed by atoms with E-state index in [0.29, 0.717) is 16.5 Å². The van der Waals surface area contributed by atoms with Gasteiger partial charge in [0, 0.05) is 17.0 Å². The summed E-state index contributed by atoms with van der Waals surface area (Å²) >= 11 is 13.9. The van der Waals surface area contributed by atoms with Gasteiger partial charge in [-0.2, -0.15) is 0 Å². The average molecular weight is 414 g/mol. The Morgan fingerprint density at radius 3 is 2.48 bits per heavy atom. The highest BCUT2D eigenvalue weighted by atomic mass is 35.5. The molecule has 6 heteroatoms. The van der Waals surface area contributed by atoms with Crippen LogP contribution < -0.4 is 5.32 Å². The van der Waals surface area contributed by atoms with Crippen molar-refractivity contribution >= 4 is 56.3 Å². The van der Waals surface area contributed by atoms with Crippen LogP contribution in [0.5, 0.6) is 0 Å². The molecule has 2 aromatic carbocycles. The summed E-state index contributed by atoms with van der Waals surface area (Å²) in [5.74, 6) is 1.59. The maximum atomic E-state index is 6.17. The molecule has 0 aliphatic carbocycles. The fraction of sp³-hybridized carbons (Fsp3) is 0.143. The molecule has 0 bridgehead atoms. The zero-order valence-electron chi connectivity index (χ0n) is 14.9. The van der Waals surface area contributed by atoms with Gasteiger partial charge in [-0.3, -0.25) is 0 Å². The number of fused-ring (bicyclic) bond motifs is 1. The smallest absolute Gasteiger partial charge is 0.143 e. The summed E-state index contributed by atoms with van der Waals surface area (Å²) in [6.07, 6.45) is 0.683. The second-order valence-corrected chi connectivity index (χ2v) is 8.39. The van der Waals surface area contributed by atoms with Gasteiger partial charge in [0.2, 0.25) is 0 Å². The Bertz CT molecular complexity index is 1120. The topological polar surface area (TPSA) is 37.8 Å². The predicted molar refractivity (Wildman–Crippen MR) is 116 cm³/mol. The first-order chi connectivity index (χ1) is 13.0. The summed E-state index contributed by atoms with van der Waals surface area (Å²) in [6, 6.07) is 15.7. The first-order valence-corrected chi connectivity index (χ1v) is 10.1. The summed E-state index contributed by atoms with van der Waals surface area (Å²) in [5.41, 5.74) is 3.23. The third-order valence-electron chi connectivity index (χ3n) is 4.46. The number of nitrogens with one attached hydrogen (secondary N) is 1. The molecular formula is C21H17Cl2N3S. The van der Waals surface area contributed by atoms with E-state index in [-0.39, 0.29) is 0 Å². The van der Waals surface area contributed by atoms with E-state index in [4.69, 9.17) is 33.2 Å². The number of anilines is 2. The molecule has 0 radical (unpaired) electrons. The number of hydrogen-bond acceptors (Lipinski definition) is 4. The van der Waals surface area contributed by atoms with E-state index in [1.807, 2.05) is 30.3 Å². The maximum absolute atomic E-state index is 6.17. The fourth-order valence-corrected chi connectivity index (χ4v) is 4.30. The van der Waals surface area contributed by atoms with Gasteiger partial charge < -0.3 is 5.32 Å². The van der Waals surface area contributed by atoms with Crippen molar-refractivity contribution < 1.29 is 0 Å². The van der Waals surface area contributed by atoms with E-state index in [1.165, 1.54) is 16.0 Å². The summed E-state index contributed by atoms with van der Waals surface area (Å²) < 4.78 is 0. The third-order valence-corrected chi connectivity index (χ3v) is 6.30. The second-order valence-electron chi connectivity index (χ2n) is 6.37. The number of aryl methyl sites for hydroxylation is 2. The van der Waals surface area contributed by atoms with Crippen LogP contribution in [0.2, 0.25) is 10.0 Å². The van der Waals surface area contributed by atoms with E-state index in [1.54, 1.807) is 17.4 Å². The minimum atomic E-state index is 0.509. The quantitative estimate of drug-likeness (QED) is 0.393. The zero-order valence-corrected chi connectivity index (χ0v) is 17.2. The minimum Gasteiger partial charge on any atom is -0.340 e. The molecule has 0 aliphatic heterocycles. The van der Waals surface area contributed by atoms with Crippen LogP contribution in [0.25, 0.3) is 10.2 Å². The van der Waals surface area contributed by atoms with E-state index in [9.17, 15) is 0 Å². The van der Waals surface area contributed by atoms with Gasteiger partial charge in [0.1, 0.15) is 16.5 Å². The average Bonchev–Trinajstić information content (AvgIpc) is 2.93. The van der Waals surface area contributed by atoms with Gasteiger partial charge in [-0.25, -0.2) is 9.97 Å². The lowest BCUT2D eigenvalue weighted by Gasteiger charge is -2.11. The predicted octanol–water partition coefficient (Wildman–Crippen LogP) is 6.95. The van der Waals surface area contributed by atoms with Crippen molar-refractivity contribution in [3.05, 3.63) is 80.4 Å². The van der Waals surface area contributed by atoms with Crippen molar-refractivity contribution in [1.29, 1.82) is 0 Å². The number of halogens is 2. The standard InChI is InChI=1S/C21H17Cl2N3S/c1-12-13(2)27-21-19(12)20(24-15-8-9-16(22)17(23)11-15)25-18(26-21)10-14-6-4-3-5-7-14/h3-9,11H,10H2,1-2H3,(H,24,25,26). The second kappa shape index (κ2) is 7.47. The molecule has 0 amide bonds. The summed E-state index contributed by atoms with van der Waals surface area (Å²) in [6.45, 7) is 4.22. The lowest BCUT2D eigenvalue weighted by atomic mass is 10.1. The Morgan fingerprint density at radius 1 is 0.963 bits per heavy atom. The highest BCUT2D eigenvalue weighted by molar-refractivity contribution is 7.18. The van der Waals surface area contributed by atoms with Gasteiger partial charge in [0.05, 0.1) is 15.4 Å². The molecule has 2 aromatic heterocycles. The van der Waals surface area contributed by atoms with Crippen molar-refractivity contribution in [2.45, 2.75) is 20.3 Å². The first kappa shape index (κ1) is 18.2. The third kappa shape index (κ3) is 3.79. The zero-order chi connectivity index (χ0) is 19.0. The van der Waals surface area contributed by atoms with E-state index < -0.39 is 0 Å².